The van der Waals surface area contributed by atoms with Crippen LogP contribution in [0.15, 0.2) is 0 Å². The first kappa shape index (κ1) is 11.7. The molecule has 0 aromatic rings. The Morgan fingerprint density at radius 3 is 2.50 bits per heavy atom. The topological polar surface area (TPSA) is 41.1 Å². The molecule has 0 heterocycles. The molecule has 0 saturated carbocycles. The molecule has 0 aliphatic carbocycles. The summed E-state index contributed by atoms with van der Waals surface area (Å²) in [4.78, 5) is 11.0. The molecular formula is C8H19BN2O. The van der Waals surface area contributed by atoms with E-state index in [0.717, 1.165) is 25.8 Å². The summed E-state index contributed by atoms with van der Waals surface area (Å²) in [5.41, 5.74) is 0.238. The Kier molecular flexibility index (Phi) is 7.10. The van der Waals surface area contributed by atoms with Gasteiger partial charge in [0.15, 0.2) is 7.85 Å². The van der Waals surface area contributed by atoms with E-state index in [0.29, 0.717) is 0 Å². The third kappa shape index (κ3) is 5.32. The molecule has 1 atom stereocenters. The van der Waals surface area contributed by atoms with Gasteiger partial charge in [-0.05, 0) is 33.5 Å². The maximum atomic E-state index is 11.0. The summed E-state index contributed by atoms with van der Waals surface area (Å²) in [6.07, 6.45) is 3.20. The van der Waals surface area contributed by atoms with Gasteiger partial charge in [0.2, 0.25) is 0 Å². The number of hydrogen-bond acceptors (Lipinski definition) is 3. The van der Waals surface area contributed by atoms with Gasteiger partial charge in [0.1, 0.15) is 0 Å². The molecule has 0 saturated heterocycles. The van der Waals surface area contributed by atoms with Crippen molar-refractivity contribution in [3.63, 3.8) is 0 Å². The van der Waals surface area contributed by atoms with E-state index in [2.05, 4.69) is 10.6 Å². The Hall–Kier alpha value is -0.345. The Morgan fingerprint density at radius 1 is 1.42 bits per heavy atom. The zero-order chi connectivity index (χ0) is 9.40. The summed E-state index contributed by atoms with van der Waals surface area (Å²) in [6.45, 7) is 1.04. The smallest absolute Gasteiger partial charge is 0.189 e. The molecule has 4 heteroatoms. The standard InChI is InChI=1S/C8H19BN2O/c1-10-6-4-3-5-7(11-2)8(9)12/h7,10-11H,3-6,9H2,1-2H3/t7-/m0/s1. The van der Waals surface area contributed by atoms with Gasteiger partial charge < -0.3 is 15.4 Å². The van der Waals surface area contributed by atoms with Gasteiger partial charge >= 0.3 is 0 Å². The first-order valence-electron chi connectivity index (χ1n) is 4.54. The minimum Gasteiger partial charge on any atom is -0.320 e. The van der Waals surface area contributed by atoms with Crippen LogP contribution in [-0.4, -0.2) is 40.2 Å². The van der Waals surface area contributed by atoms with Crippen LogP contribution in [0.4, 0.5) is 0 Å². The highest BCUT2D eigenvalue weighted by Crippen LogP contribution is 1.99. The molecule has 0 amide bonds. The lowest BCUT2D eigenvalue weighted by Gasteiger charge is -2.11. The van der Waals surface area contributed by atoms with Crippen LogP contribution in [-0.2, 0) is 4.79 Å². The van der Waals surface area contributed by atoms with E-state index in [1.165, 1.54) is 0 Å². The van der Waals surface area contributed by atoms with Crippen molar-refractivity contribution < 1.29 is 4.79 Å². The van der Waals surface area contributed by atoms with Crippen LogP contribution >= 0.6 is 0 Å². The zero-order valence-electron chi connectivity index (χ0n) is 8.31. The van der Waals surface area contributed by atoms with Crippen molar-refractivity contribution in [2.75, 3.05) is 20.6 Å². The normalized spacial score (nSPS) is 12.8. The minimum atomic E-state index is 0.0573. The maximum absolute atomic E-state index is 11.0. The van der Waals surface area contributed by atoms with Crippen LogP contribution < -0.4 is 10.6 Å². The summed E-state index contributed by atoms with van der Waals surface area (Å²) in [5, 5.41) is 6.09. The Bertz CT molecular complexity index is 130. The lowest BCUT2D eigenvalue weighted by molar-refractivity contribution is -0.113. The fourth-order valence-electron chi connectivity index (χ4n) is 1.20. The number of hydrogen-bond donors (Lipinski definition) is 2. The average molecular weight is 170 g/mol. The van der Waals surface area contributed by atoms with Crippen LogP contribution in [0.3, 0.4) is 0 Å². The van der Waals surface area contributed by atoms with Crippen molar-refractivity contribution in [3.8, 4) is 0 Å². The van der Waals surface area contributed by atoms with Crippen molar-refractivity contribution in [2.45, 2.75) is 25.3 Å². The quantitative estimate of drug-likeness (QED) is 0.385. The fourth-order valence-corrected chi connectivity index (χ4v) is 1.20. The lowest BCUT2D eigenvalue weighted by atomic mass is 9.91. The summed E-state index contributed by atoms with van der Waals surface area (Å²) in [5.74, 6) is 0. The van der Waals surface area contributed by atoms with Gasteiger partial charge in [-0.25, -0.2) is 0 Å². The van der Waals surface area contributed by atoms with Crippen LogP contribution in [0.5, 0.6) is 0 Å². The predicted octanol–water partition coefficient (Wildman–Crippen LogP) is -0.876. The van der Waals surface area contributed by atoms with Crippen molar-refractivity contribution in [1.82, 2.24) is 10.6 Å². The number of unbranched alkanes of at least 4 members (excludes halogenated alkanes) is 1. The molecule has 0 aliphatic heterocycles. The van der Waals surface area contributed by atoms with Crippen LogP contribution in [0, 0.1) is 0 Å². The van der Waals surface area contributed by atoms with Gasteiger partial charge in [0.05, 0.1) is 11.7 Å². The minimum absolute atomic E-state index is 0.0573. The highest BCUT2D eigenvalue weighted by atomic mass is 16.1. The summed E-state index contributed by atoms with van der Waals surface area (Å²) >= 11 is 0. The van der Waals surface area contributed by atoms with Crippen molar-refractivity contribution in [3.05, 3.63) is 0 Å². The molecule has 0 rings (SSSR count). The zero-order valence-corrected chi connectivity index (χ0v) is 8.31. The first-order valence-corrected chi connectivity index (χ1v) is 4.54. The fraction of sp³-hybridized carbons (Fsp3) is 0.875. The van der Waals surface area contributed by atoms with E-state index < -0.39 is 0 Å². The third-order valence-electron chi connectivity index (χ3n) is 2.01. The van der Waals surface area contributed by atoms with Crippen molar-refractivity contribution in [1.29, 1.82) is 0 Å². The summed E-state index contributed by atoms with van der Waals surface area (Å²) < 4.78 is 0. The molecule has 0 aromatic carbocycles. The second-order valence-corrected chi connectivity index (χ2v) is 3.05. The monoisotopic (exact) mass is 170 g/mol. The first-order chi connectivity index (χ1) is 5.72. The highest BCUT2D eigenvalue weighted by Gasteiger charge is 2.09. The molecule has 0 aromatic heterocycles. The second-order valence-electron chi connectivity index (χ2n) is 3.05. The molecule has 0 bridgehead atoms. The number of carbonyl (C=O) groups excluding carboxylic acids is 1. The van der Waals surface area contributed by atoms with E-state index in [-0.39, 0.29) is 11.7 Å². The second kappa shape index (κ2) is 7.31. The SMILES string of the molecule is BC(=O)[C@H](CCCCNC)NC. The van der Waals surface area contributed by atoms with Crippen LogP contribution in [0.2, 0.25) is 0 Å². The molecule has 2 N–H and O–H groups in total. The van der Waals surface area contributed by atoms with Gasteiger partial charge in [-0.1, -0.05) is 6.42 Å². The number of nitrogens with one attached hydrogen (secondary N) is 2. The molecular weight excluding hydrogens is 151 g/mol. The maximum Gasteiger partial charge on any atom is 0.189 e. The highest BCUT2D eigenvalue weighted by molar-refractivity contribution is 6.59. The van der Waals surface area contributed by atoms with Gasteiger partial charge in [0, 0.05) is 0 Å². The predicted molar refractivity (Wildman–Crippen MR) is 54.2 cm³/mol. The van der Waals surface area contributed by atoms with E-state index in [4.69, 9.17) is 0 Å². The Morgan fingerprint density at radius 2 is 2.08 bits per heavy atom. The largest absolute Gasteiger partial charge is 0.320 e. The van der Waals surface area contributed by atoms with E-state index in [9.17, 15) is 4.79 Å². The van der Waals surface area contributed by atoms with Crippen LogP contribution in [0.1, 0.15) is 19.3 Å². The molecule has 0 spiro atoms. The number of rotatable bonds is 7. The molecule has 0 radical (unpaired) electrons. The molecule has 3 nitrogen and oxygen atoms in total. The Balaban J connectivity index is 3.38. The number of likely N-dealkylation sites (N-methyl/N-ethyl adjacent to an activating group) is 1. The van der Waals surface area contributed by atoms with E-state index in [1.54, 1.807) is 7.85 Å². The van der Waals surface area contributed by atoms with E-state index in [1.807, 2.05) is 14.1 Å². The lowest BCUT2D eigenvalue weighted by Crippen LogP contribution is -2.34. The van der Waals surface area contributed by atoms with Gasteiger partial charge in [-0.15, -0.1) is 0 Å². The summed E-state index contributed by atoms with van der Waals surface area (Å²) in [6, 6.07) is 0.0573. The molecule has 0 aliphatic rings. The molecule has 0 fully saturated rings. The van der Waals surface area contributed by atoms with Crippen molar-refractivity contribution >= 4 is 13.5 Å². The average Bonchev–Trinajstić information content (AvgIpc) is 2.04. The summed E-state index contributed by atoms with van der Waals surface area (Å²) in [7, 11) is 5.42. The molecule has 0 unspecified atom stereocenters. The van der Waals surface area contributed by atoms with Crippen LogP contribution in [0.25, 0.3) is 0 Å². The number of carbonyl (C=O) groups is 1. The third-order valence-corrected chi connectivity index (χ3v) is 2.01. The Labute approximate surface area is 75.7 Å². The van der Waals surface area contributed by atoms with Crippen molar-refractivity contribution in [2.24, 2.45) is 0 Å². The van der Waals surface area contributed by atoms with Gasteiger partial charge in [-0.3, -0.25) is 0 Å². The molecule has 70 valence electrons. The van der Waals surface area contributed by atoms with Gasteiger partial charge in [0.25, 0.3) is 0 Å². The van der Waals surface area contributed by atoms with E-state index >= 15 is 0 Å². The van der Waals surface area contributed by atoms with Gasteiger partial charge in [-0.2, -0.15) is 0 Å². The molecule has 12 heavy (non-hydrogen) atoms.